The summed E-state index contributed by atoms with van der Waals surface area (Å²) in [4.78, 5) is 0. The minimum absolute atomic E-state index is 0.336. The second-order valence-corrected chi connectivity index (χ2v) is 9.20. The van der Waals surface area contributed by atoms with Crippen molar-refractivity contribution in [2.45, 2.75) is 2.14 Å². The molecule has 0 nitrogen and oxygen atoms in total. The molecule has 0 bridgehead atoms. The molecule has 0 aliphatic carbocycles. The van der Waals surface area contributed by atoms with Gasteiger partial charge in [-0.25, -0.2) is 0 Å². The van der Waals surface area contributed by atoms with Crippen molar-refractivity contribution in [1.82, 2.24) is 0 Å². The Balaban J connectivity index is 2.99. The van der Waals surface area contributed by atoms with Gasteiger partial charge in [-0.1, -0.05) is 71.5 Å². The van der Waals surface area contributed by atoms with Crippen LogP contribution in [0.2, 0.25) is 5.02 Å². The lowest BCUT2D eigenvalue weighted by Gasteiger charge is -2.11. The second kappa shape index (κ2) is 3.77. The van der Waals surface area contributed by atoms with Gasteiger partial charge in [-0.2, -0.15) is 0 Å². The van der Waals surface area contributed by atoms with Crippen molar-refractivity contribution in [2.75, 3.05) is 0 Å². The van der Waals surface area contributed by atoms with Gasteiger partial charge in [0.15, 0.2) is 2.14 Å². The van der Waals surface area contributed by atoms with Gasteiger partial charge in [0.2, 0.25) is 0 Å². The Labute approximate surface area is 95.7 Å². The van der Waals surface area contributed by atoms with Crippen molar-refractivity contribution in [1.29, 1.82) is 0 Å². The molecule has 1 rings (SSSR count). The predicted octanol–water partition coefficient (Wildman–Crippen LogP) is 4.64. The summed E-state index contributed by atoms with van der Waals surface area (Å²) in [6.45, 7) is 0. The van der Waals surface area contributed by atoms with E-state index in [1.165, 1.54) is 0 Å². The molecule has 0 radical (unpaired) electrons. The van der Waals surface area contributed by atoms with Gasteiger partial charge in [0, 0.05) is 5.02 Å². The molecule has 60 valence electrons. The van der Waals surface area contributed by atoms with Crippen LogP contribution in [0.4, 0.5) is 0 Å². The van der Waals surface area contributed by atoms with E-state index in [9.17, 15) is 0 Å². The highest BCUT2D eigenvalue weighted by Crippen LogP contribution is 2.44. The molecular formula is C7H4Br3Cl. The van der Waals surface area contributed by atoms with Crippen LogP contribution >= 0.6 is 59.4 Å². The normalized spacial score (nSPS) is 11.6. The van der Waals surface area contributed by atoms with E-state index in [2.05, 4.69) is 47.8 Å². The number of hydrogen-bond acceptors (Lipinski definition) is 0. The van der Waals surface area contributed by atoms with Crippen LogP contribution in [-0.4, -0.2) is 0 Å². The van der Waals surface area contributed by atoms with Gasteiger partial charge in [-0.15, -0.1) is 0 Å². The highest BCUT2D eigenvalue weighted by atomic mass is 80.0. The number of halogens is 4. The Morgan fingerprint density at radius 2 is 1.45 bits per heavy atom. The quantitative estimate of drug-likeness (QED) is 0.590. The zero-order valence-electron chi connectivity index (χ0n) is 5.32. The standard InChI is InChI=1S/C7H4Br3Cl/c8-7(9,10)5-1-3-6(11)4-2-5/h1-4H. The SMILES string of the molecule is Clc1ccc(C(Br)(Br)Br)cc1. The molecule has 0 saturated heterocycles. The van der Waals surface area contributed by atoms with Crippen LogP contribution in [0.25, 0.3) is 0 Å². The maximum atomic E-state index is 5.72. The summed E-state index contributed by atoms with van der Waals surface area (Å²) in [5, 5.41) is 0.741. The van der Waals surface area contributed by atoms with Crippen molar-refractivity contribution >= 4 is 59.4 Å². The van der Waals surface area contributed by atoms with Gasteiger partial charge in [-0.3, -0.25) is 0 Å². The first kappa shape index (κ1) is 10.0. The molecular weight excluding hydrogens is 359 g/mol. The molecule has 0 aliphatic rings. The molecule has 4 heteroatoms. The van der Waals surface area contributed by atoms with E-state index in [4.69, 9.17) is 11.6 Å². The van der Waals surface area contributed by atoms with E-state index in [-0.39, 0.29) is 2.14 Å². The maximum absolute atomic E-state index is 5.72. The van der Waals surface area contributed by atoms with Gasteiger partial charge in [0.25, 0.3) is 0 Å². The second-order valence-electron chi connectivity index (χ2n) is 2.00. The van der Waals surface area contributed by atoms with Gasteiger partial charge < -0.3 is 0 Å². The van der Waals surface area contributed by atoms with E-state index < -0.39 is 0 Å². The van der Waals surface area contributed by atoms with Crippen LogP contribution < -0.4 is 0 Å². The molecule has 1 aromatic carbocycles. The van der Waals surface area contributed by atoms with Crippen molar-refractivity contribution in [3.63, 3.8) is 0 Å². The first-order valence-electron chi connectivity index (χ1n) is 2.83. The Morgan fingerprint density at radius 1 is 1.00 bits per heavy atom. The fraction of sp³-hybridized carbons (Fsp3) is 0.143. The molecule has 0 fully saturated rings. The Bertz CT molecular complexity index is 237. The molecule has 0 spiro atoms. The lowest BCUT2D eigenvalue weighted by molar-refractivity contribution is 1.37. The maximum Gasteiger partial charge on any atom is 0.159 e. The molecule has 0 unspecified atom stereocenters. The number of hydrogen-bond donors (Lipinski definition) is 0. The largest absolute Gasteiger partial charge is 0.159 e. The molecule has 0 aliphatic heterocycles. The summed E-state index contributed by atoms with van der Waals surface area (Å²) in [5.41, 5.74) is 1.07. The molecule has 0 atom stereocenters. The lowest BCUT2D eigenvalue weighted by Crippen LogP contribution is -1.95. The van der Waals surface area contributed by atoms with E-state index in [1.807, 2.05) is 24.3 Å². The molecule has 1 aromatic rings. The molecule has 0 aromatic heterocycles. The zero-order valence-corrected chi connectivity index (χ0v) is 10.8. The Morgan fingerprint density at radius 3 is 1.82 bits per heavy atom. The third-order valence-electron chi connectivity index (χ3n) is 1.17. The van der Waals surface area contributed by atoms with E-state index >= 15 is 0 Å². The summed E-state index contributed by atoms with van der Waals surface area (Å²) in [6, 6.07) is 7.55. The molecule has 0 N–H and O–H groups in total. The molecule has 11 heavy (non-hydrogen) atoms. The number of benzene rings is 1. The van der Waals surface area contributed by atoms with Crippen molar-refractivity contribution < 1.29 is 0 Å². The minimum Gasteiger partial charge on any atom is -0.0843 e. The van der Waals surface area contributed by atoms with Crippen molar-refractivity contribution in [3.05, 3.63) is 34.9 Å². The first-order valence-corrected chi connectivity index (χ1v) is 5.58. The third-order valence-corrected chi connectivity index (χ3v) is 2.80. The van der Waals surface area contributed by atoms with Crippen molar-refractivity contribution in [2.24, 2.45) is 0 Å². The van der Waals surface area contributed by atoms with Gasteiger partial charge in [-0.05, 0) is 17.7 Å². The smallest absolute Gasteiger partial charge is 0.0843 e. The summed E-state index contributed by atoms with van der Waals surface area (Å²) in [7, 11) is 0. The number of rotatable bonds is 0. The summed E-state index contributed by atoms with van der Waals surface area (Å²) in [5.74, 6) is 0. The molecule has 0 heterocycles. The lowest BCUT2D eigenvalue weighted by atomic mass is 10.2. The fourth-order valence-electron chi connectivity index (χ4n) is 0.639. The predicted molar refractivity (Wildman–Crippen MR) is 59.9 cm³/mol. The Kier molecular flexibility index (Phi) is 3.44. The number of alkyl halides is 3. The highest BCUT2D eigenvalue weighted by molar-refractivity contribution is 9.38. The average Bonchev–Trinajstić information content (AvgIpc) is 1.86. The summed E-state index contributed by atoms with van der Waals surface area (Å²) in [6.07, 6.45) is 0. The third kappa shape index (κ3) is 3.05. The average molecular weight is 363 g/mol. The van der Waals surface area contributed by atoms with E-state index in [0.29, 0.717) is 0 Å². The monoisotopic (exact) mass is 360 g/mol. The van der Waals surface area contributed by atoms with Crippen LogP contribution in [0.1, 0.15) is 5.56 Å². The zero-order chi connectivity index (χ0) is 8.48. The van der Waals surface area contributed by atoms with Crippen LogP contribution in [-0.2, 0) is 2.14 Å². The van der Waals surface area contributed by atoms with Gasteiger partial charge in [0.05, 0.1) is 0 Å². The van der Waals surface area contributed by atoms with Crippen LogP contribution in [0, 0.1) is 0 Å². The van der Waals surface area contributed by atoms with E-state index in [0.717, 1.165) is 10.6 Å². The summed E-state index contributed by atoms with van der Waals surface area (Å²) < 4.78 is -0.336. The minimum atomic E-state index is -0.336. The van der Waals surface area contributed by atoms with Gasteiger partial charge in [0.1, 0.15) is 0 Å². The Hall–Kier alpha value is 0.950. The van der Waals surface area contributed by atoms with Crippen LogP contribution in [0.15, 0.2) is 24.3 Å². The molecule has 0 saturated carbocycles. The van der Waals surface area contributed by atoms with E-state index in [1.54, 1.807) is 0 Å². The first-order chi connectivity index (χ1) is 5.00. The highest BCUT2D eigenvalue weighted by Gasteiger charge is 2.19. The molecule has 0 amide bonds. The van der Waals surface area contributed by atoms with Crippen molar-refractivity contribution in [3.8, 4) is 0 Å². The fourth-order valence-corrected chi connectivity index (χ4v) is 1.56. The summed E-state index contributed by atoms with van der Waals surface area (Å²) >= 11 is 15.9. The topological polar surface area (TPSA) is 0 Å². The van der Waals surface area contributed by atoms with Crippen LogP contribution in [0.5, 0.6) is 0 Å². The van der Waals surface area contributed by atoms with Crippen LogP contribution in [0.3, 0.4) is 0 Å². The van der Waals surface area contributed by atoms with Gasteiger partial charge >= 0.3 is 0 Å².